The number of rotatable bonds is 4. The van der Waals surface area contributed by atoms with E-state index in [1.54, 1.807) is 6.07 Å². The van der Waals surface area contributed by atoms with Gasteiger partial charge < -0.3 is 15.5 Å². The molecule has 0 aliphatic heterocycles. The molecule has 3 N–H and O–H groups in total. The molecule has 0 radical (unpaired) electrons. The number of hydrogen-bond acceptors (Lipinski definition) is 3. The third kappa shape index (κ3) is 2.39. The lowest BCUT2D eigenvalue weighted by Gasteiger charge is -2.15. The third-order valence-electron chi connectivity index (χ3n) is 2.41. The second-order valence-electron chi connectivity index (χ2n) is 3.41. The maximum Gasteiger partial charge on any atom is 0.157 e. The van der Waals surface area contributed by atoms with Crippen molar-refractivity contribution in [3.8, 4) is 11.5 Å². The van der Waals surface area contributed by atoms with Crippen LogP contribution in [0.1, 0.15) is 24.8 Å². The van der Waals surface area contributed by atoms with Crippen LogP contribution < -0.4 is 5.32 Å². The number of aromatic hydroxyl groups is 2. The molecule has 0 saturated carbocycles. The van der Waals surface area contributed by atoms with Crippen molar-refractivity contribution in [1.29, 1.82) is 0 Å². The highest BCUT2D eigenvalue weighted by Gasteiger charge is 2.10. The van der Waals surface area contributed by atoms with Gasteiger partial charge in [0.1, 0.15) is 0 Å². The van der Waals surface area contributed by atoms with Gasteiger partial charge >= 0.3 is 0 Å². The summed E-state index contributed by atoms with van der Waals surface area (Å²) in [4.78, 5) is 0. The number of benzene rings is 1. The number of phenolic OH excluding ortho intramolecular Hbond substituents is 2. The van der Waals surface area contributed by atoms with Crippen LogP contribution in [0, 0.1) is 0 Å². The summed E-state index contributed by atoms with van der Waals surface area (Å²) in [7, 11) is 1.91. The lowest BCUT2D eigenvalue weighted by molar-refractivity contribution is 0.402. The molecule has 3 heteroatoms. The normalized spacial score (nSPS) is 12.7. The van der Waals surface area contributed by atoms with Crippen LogP contribution in [0.5, 0.6) is 11.5 Å². The van der Waals surface area contributed by atoms with Crippen molar-refractivity contribution in [2.24, 2.45) is 0 Å². The molecule has 1 aromatic carbocycles. The summed E-state index contributed by atoms with van der Waals surface area (Å²) in [6.45, 7) is 2.98. The zero-order valence-corrected chi connectivity index (χ0v) is 8.62. The van der Waals surface area contributed by atoms with Gasteiger partial charge in [-0.05, 0) is 37.1 Å². The summed E-state index contributed by atoms with van der Waals surface area (Å²) in [5.74, 6) is 0.275. The second-order valence-corrected chi connectivity index (χ2v) is 3.41. The Morgan fingerprint density at radius 3 is 2.50 bits per heavy atom. The Balaban J connectivity index is 2.88. The Labute approximate surface area is 84.4 Å². The van der Waals surface area contributed by atoms with Crippen molar-refractivity contribution in [3.63, 3.8) is 0 Å². The van der Waals surface area contributed by atoms with Crippen LogP contribution in [0.25, 0.3) is 0 Å². The third-order valence-corrected chi connectivity index (χ3v) is 2.41. The highest BCUT2D eigenvalue weighted by Crippen LogP contribution is 2.29. The van der Waals surface area contributed by atoms with Crippen molar-refractivity contribution >= 4 is 0 Å². The fourth-order valence-electron chi connectivity index (χ4n) is 1.54. The summed E-state index contributed by atoms with van der Waals surface area (Å²) < 4.78 is 0. The minimum absolute atomic E-state index is 0.0444. The molecule has 0 bridgehead atoms. The van der Waals surface area contributed by atoms with Gasteiger partial charge in [0, 0.05) is 6.54 Å². The summed E-state index contributed by atoms with van der Waals surface area (Å²) in [6, 6.07) is 5.00. The molecule has 0 heterocycles. The van der Waals surface area contributed by atoms with Gasteiger partial charge in [0.25, 0.3) is 0 Å². The van der Waals surface area contributed by atoms with Crippen LogP contribution in [0.4, 0.5) is 0 Å². The van der Waals surface area contributed by atoms with E-state index in [0.717, 1.165) is 18.5 Å². The number of phenols is 2. The Morgan fingerprint density at radius 1 is 1.29 bits per heavy atom. The van der Waals surface area contributed by atoms with E-state index in [4.69, 9.17) is 5.11 Å². The smallest absolute Gasteiger partial charge is 0.157 e. The molecule has 0 saturated heterocycles. The van der Waals surface area contributed by atoms with E-state index >= 15 is 0 Å². The van der Waals surface area contributed by atoms with Crippen LogP contribution >= 0.6 is 0 Å². The summed E-state index contributed by atoms with van der Waals surface area (Å²) in [6.07, 6.45) is 1.01. The van der Waals surface area contributed by atoms with Gasteiger partial charge in [-0.1, -0.05) is 13.0 Å². The van der Waals surface area contributed by atoms with Crippen LogP contribution in [0.3, 0.4) is 0 Å². The molecule has 0 aliphatic carbocycles. The fourth-order valence-corrected chi connectivity index (χ4v) is 1.54. The fraction of sp³-hybridized carbons (Fsp3) is 0.455. The molecule has 14 heavy (non-hydrogen) atoms. The SMILES string of the molecule is CCC(CNC)c1ccc(O)c(O)c1. The summed E-state index contributed by atoms with van der Waals surface area (Å²) in [5.41, 5.74) is 1.05. The van der Waals surface area contributed by atoms with Gasteiger partial charge in [-0.2, -0.15) is 0 Å². The molecule has 0 fully saturated rings. The molecule has 1 unspecified atom stereocenters. The number of hydrogen-bond donors (Lipinski definition) is 3. The Hall–Kier alpha value is -1.22. The van der Waals surface area contributed by atoms with Crippen LogP contribution in [0.2, 0.25) is 0 Å². The number of nitrogens with one attached hydrogen (secondary N) is 1. The molecule has 1 aromatic rings. The van der Waals surface area contributed by atoms with E-state index in [2.05, 4.69) is 12.2 Å². The quantitative estimate of drug-likeness (QED) is 0.642. The first-order valence-corrected chi connectivity index (χ1v) is 4.85. The van der Waals surface area contributed by atoms with Gasteiger partial charge in [-0.25, -0.2) is 0 Å². The number of likely N-dealkylation sites (N-methyl/N-ethyl adjacent to an activating group) is 1. The lowest BCUT2D eigenvalue weighted by Crippen LogP contribution is -2.16. The molecule has 0 aromatic heterocycles. The van der Waals surface area contributed by atoms with E-state index < -0.39 is 0 Å². The topological polar surface area (TPSA) is 52.5 Å². The molecule has 78 valence electrons. The zero-order chi connectivity index (χ0) is 10.6. The molecule has 3 nitrogen and oxygen atoms in total. The van der Waals surface area contributed by atoms with E-state index in [1.165, 1.54) is 6.07 Å². The van der Waals surface area contributed by atoms with Crippen LogP contribution in [-0.2, 0) is 0 Å². The van der Waals surface area contributed by atoms with Crippen molar-refractivity contribution < 1.29 is 10.2 Å². The molecular formula is C11H17NO2. The van der Waals surface area contributed by atoms with E-state index in [9.17, 15) is 5.11 Å². The molecule has 0 aliphatic rings. The maximum atomic E-state index is 9.34. The zero-order valence-electron chi connectivity index (χ0n) is 8.62. The summed E-state index contributed by atoms with van der Waals surface area (Å²) >= 11 is 0. The first-order chi connectivity index (χ1) is 6.69. The maximum absolute atomic E-state index is 9.34. The van der Waals surface area contributed by atoms with Crippen molar-refractivity contribution in [1.82, 2.24) is 5.32 Å². The van der Waals surface area contributed by atoms with Gasteiger partial charge in [0.05, 0.1) is 0 Å². The average molecular weight is 195 g/mol. The Bertz CT molecular complexity index is 299. The Kier molecular flexibility index (Phi) is 3.77. The predicted octanol–water partition coefficient (Wildman–Crippen LogP) is 1.81. The van der Waals surface area contributed by atoms with Crippen LogP contribution in [-0.4, -0.2) is 23.8 Å². The Morgan fingerprint density at radius 2 is 2.00 bits per heavy atom. The standard InChI is InChI=1S/C11H17NO2/c1-3-8(7-12-2)9-4-5-10(13)11(14)6-9/h4-6,8,12-14H,3,7H2,1-2H3. The van der Waals surface area contributed by atoms with Crippen molar-refractivity contribution in [2.75, 3.05) is 13.6 Å². The monoisotopic (exact) mass is 195 g/mol. The van der Waals surface area contributed by atoms with Gasteiger partial charge in [-0.15, -0.1) is 0 Å². The van der Waals surface area contributed by atoms with E-state index in [-0.39, 0.29) is 11.5 Å². The highest BCUT2D eigenvalue weighted by molar-refractivity contribution is 5.41. The largest absolute Gasteiger partial charge is 0.504 e. The molecule has 1 rings (SSSR count). The predicted molar refractivity (Wildman–Crippen MR) is 56.7 cm³/mol. The van der Waals surface area contributed by atoms with Gasteiger partial charge in [0.2, 0.25) is 0 Å². The van der Waals surface area contributed by atoms with Gasteiger partial charge in [-0.3, -0.25) is 0 Å². The van der Waals surface area contributed by atoms with E-state index in [0.29, 0.717) is 5.92 Å². The molecule has 0 amide bonds. The summed E-state index contributed by atoms with van der Waals surface area (Å²) in [5, 5.41) is 21.6. The molecule has 1 atom stereocenters. The van der Waals surface area contributed by atoms with Gasteiger partial charge in [0.15, 0.2) is 11.5 Å². The first-order valence-electron chi connectivity index (χ1n) is 4.85. The first kappa shape index (κ1) is 10.9. The minimum atomic E-state index is -0.0620. The average Bonchev–Trinajstić information content (AvgIpc) is 2.19. The van der Waals surface area contributed by atoms with Crippen molar-refractivity contribution in [2.45, 2.75) is 19.3 Å². The molecule has 0 spiro atoms. The van der Waals surface area contributed by atoms with Crippen LogP contribution in [0.15, 0.2) is 18.2 Å². The second kappa shape index (κ2) is 4.86. The van der Waals surface area contributed by atoms with Crippen molar-refractivity contribution in [3.05, 3.63) is 23.8 Å². The highest BCUT2D eigenvalue weighted by atomic mass is 16.3. The van der Waals surface area contributed by atoms with E-state index in [1.807, 2.05) is 13.1 Å². The minimum Gasteiger partial charge on any atom is -0.504 e. The molecular weight excluding hydrogens is 178 g/mol. The lowest BCUT2D eigenvalue weighted by atomic mass is 9.96.